The summed E-state index contributed by atoms with van der Waals surface area (Å²) >= 11 is 0. The summed E-state index contributed by atoms with van der Waals surface area (Å²) in [4.78, 5) is 24.8. The maximum absolute atomic E-state index is 12.7. The van der Waals surface area contributed by atoms with Crippen LogP contribution in [-0.4, -0.2) is 36.4 Å². The van der Waals surface area contributed by atoms with Crippen molar-refractivity contribution in [2.75, 3.05) is 6.54 Å². The minimum Gasteiger partial charge on any atom is -0.318 e. The summed E-state index contributed by atoms with van der Waals surface area (Å²) in [5.41, 5.74) is 3.89. The summed E-state index contributed by atoms with van der Waals surface area (Å²) in [6.07, 6.45) is 5.48. The molecule has 6 heteroatoms. The van der Waals surface area contributed by atoms with Gasteiger partial charge in [-0.05, 0) is 30.9 Å². The molecule has 1 fully saturated rings. The average Bonchev–Trinajstić information content (AvgIpc) is 2.64. The molecule has 0 unspecified atom stereocenters. The Hall–Kier alpha value is -2.57. The van der Waals surface area contributed by atoms with Gasteiger partial charge in [0.05, 0.1) is 11.5 Å². The van der Waals surface area contributed by atoms with Gasteiger partial charge in [-0.2, -0.15) is 0 Å². The van der Waals surface area contributed by atoms with Gasteiger partial charge in [0.1, 0.15) is 8.07 Å². The summed E-state index contributed by atoms with van der Waals surface area (Å²) in [5.74, 6) is 8.76. The number of carbonyl (C=O) groups excluding carboxylic acids is 1. The van der Waals surface area contributed by atoms with Crippen LogP contribution in [0.2, 0.25) is 19.6 Å². The quantitative estimate of drug-likeness (QED) is 0.344. The lowest BCUT2D eigenvalue weighted by Crippen LogP contribution is -2.41. The molecule has 0 aromatic heterocycles. The highest BCUT2D eigenvalue weighted by molar-refractivity contribution is 6.84. The fraction of sp³-hybridized carbons (Fsp3) is 0.476. The molecular formula is C21H26N2O3Si. The topological polar surface area (TPSA) is 63.5 Å². The van der Waals surface area contributed by atoms with Gasteiger partial charge in [-0.3, -0.25) is 14.9 Å². The number of hydrogen-bond donors (Lipinski definition) is 0. The smallest absolute Gasteiger partial charge is 0.298 e. The maximum Gasteiger partial charge on any atom is 0.298 e. The van der Waals surface area contributed by atoms with E-state index in [1.54, 1.807) is 12.1 Å². The highest BCUT2D eigenvalue weighted by Gasteiger charge is 2.24. The number of hydrogen-bond acceptors (Lipinski definition) is 3. The predicted octanol–water partition coefficient (Wildman–Crippen LogP) is 3.99. The van der Waals surface area contributed by atoms with Gasteiger partial charge in [-0.15, -0.1) is 5.54 Å². The van der Waals surface area contributed by atoms with Crippen LogP contribution in [0.4, 0.5) is 5.69 Å². The first-order chi connectivity index (χ1) is 12.8. The zero-order valence-corrected chi connectivity index (χ0v) is 17.2. The predicted molar refractivity (Wildman–Crippen MR) is 110 cm³/mol. The molecule has 27 heavy (non-hydrogen) atoms. The summed E-state index contributed by atoms with van der Waals surface area (Å²) in [5, 5.41) is 10.7. The zero-order valence-electron chi connectivity index (χ0n) is 16.2. The van der Waals surface area contributed by atoms with E-state index in [1.807, 2.05) is 4.90 Å². The Morgan fingerprint density at radius 1 is 1.19 bits per heavy atom. The maximum atomic E-state index is 12.7. The summed E-state index contributed by atoms with van der Waals surface area (Å²) in [6, 6.07) is 6.33. The highest BCUT2D eigenvalue weighted by Crippen LogP contribution is 2.22. The van der Waals surface area contributed by atoms with E-state index < -0.39 is 13.0 Å². The van der Waals surface area contributed by atoms with Gasteiger partial charge in [0.15, 0.2) is 0 Å². The number of non-ortho nitro benzene ring substituents is 1. The second kappa shape index (κ2) is 9.39. The largest absolute Gasteiger partial charge is 0.318 e. The Balaban J connectivity index is 2.13. The number of nitro groups is 1. The third kappa shape index (κ3) is 6.92. The molecule has 0 bridgehead atoms. The summed E-state index contributed by atoms with van der Waals surface area (Å²) in [6.45, 7) is 6.69. The molecule has 0 spiro atoms. The zero-order chi connectivity index (χ0) is 19.9. The van der Waals surface area contributed by atoms with Crippen molar-refractivity contribution in [2.45, 2.75) is 57.8 Å². The van der Waals surface area contributed by atoms with Gasteiger partial charge in [-0.1, -0.05) is 50.7 Å². The normalized spacial score (nSPS) is 14.3. The standard InChI is InChI=1S/C21H26N2O3Si/c1-27(2,3)17-15-21(24)22(19-9-5-4-6-10-19)16-7-8-18-11-13-20(14-12-18)23(25)26/h11-14,19H,4-6,9-10,16H2,1-3H3. The molecule has 0 radical (unpaired) electrons. The molecule has 0 saturated heterocycles. The lowest BCUT2D eigenvalue weighted by Gasteiger charge is -2.31. The van der Waals surface area contributed by atoms with Gasteiger partial charge >= 0.3 is 0 Å². The summed E-state index contributed by atoms with van der Waals surface area (Å²) < 4.78 is 0. The van der Waals surface area contributed by atoms with E-state index in [0.717, 1.165) is 25.7 Å². The highest BCUT2D eigenvalue weighted by atomic mass is 28.3. The number of nitrogens with zero attached hydrogens (tertiary/aromatic N) is 2. The van der Waals surface area contributed by atoms with E-state index in [0.29, 0.717) is 12.1 Å². The van der Waals surface area contributed by atoms with Crippen LogP contribution in [0.25, 0.3) is 0 Å². The van der Waals surface area contributed by atoms with Crippen LogP contribution in [0.15, 0.2) is 24.3 Å². The van der Waals surface area contributed by atoms with Gasteiger partial charge in [-0.25, -0.2) is 0 Å². The number of carbonyl (C=O) groups is 1. The Morgan fingerprint density at radius 3 is 2.37 bits per heavy atom. The van der Waals surface area contributed by atoms with Gasteiger partial charge in [0.2, 0.25) is 0 Å². The number of benzene rings is 1. The van der Waals surface area contributed by atoms with Crippen LogP contribution >= 0.6 is 0 Å². The summed E-state index contributed by atoms with van der Waals surface area (Å²) in [7, 11) is -1.61. The number of amides is 1. The first kappa shape index (κ1) is 20.7. The van der Waals surface area contributed by atoms with Crippen molar-refractivity contribution in [2.24, 2.45) is 0 Å². The molecule has 0 atom stereocenters. The van der Waals surface area contributed by atoms with Crippen LogP contribution in [0, 0.1) is 33.4 Å². The third-order valence-corrected chi connectivity index (χ3v) is 5.26. The first-order valence-electron chi connectivity index (χ1n) is 9.33. The van der Waals surface area contributed by atoms with Crippen LogP contribution in [-0.2, 0) is 4.79 Å². The van der Waals surface area contributed by atoms with E-state index in [4.69, 9.17) is 0 Å². The molecule has 1 saturated carbocycles. The van der Waals surface area contributed by atoms with Crippen molar-refractivity contribution in [1.29, 1.82) is 0 Å². The molecule has 1 aliphatic carbocycles. The minimum absolute atomic E-state index is 0.0428. The van der Waals surface area contributed by atoms with Crippen molar-refractivity contribution in [1.82, 2.24) is 4.90 Å². The molecular weight excluding hydrogens is 356 g/mol. The Bertz CT molecular complexity index is 798. The van der Waals surface area contributed by atoms with E-state index in [2.05, 4.69) is 42.9 Å². The van der Waals surface area contributed by atoms with Crippen LogP contribution in [0.1, 0.15) is 37.7 Å². The Morgan fingerprint density at radius 2 is 1.81 bits per heavy atom. The minimum atomic E-state index is -1.61. The molecule has 5 nitrogen and oxygen atoms in total. The molecule has 0 heterocycles. The molecule has 1 aliphatic rings. The molecule has 1 aromatic carbocycles. The van der Waals surface area contributed by atoms with E-state index in [1.165, 1.54) is 18.6 Å². The first-order valence-corrected chi connectivity index (χ1v) is 12.8. The van der Waals surface area contributed by atoms with Crippen molar-refractivity contribution in [3.05, 3.63) is 39.9 Å². The molecule has 2 rings (SSSR count). The fourth-order valence-electron chi connectivity index (χ4n) is 2.97. The molecule has 0 N–H and O–H groups in total. The fourth-order valence-corrected chi connectivity index (χ4v) is 3.45. The molecule has 1 amide bonds. The van der Waals surface area contributed by atoms with E-state index >= 15 is 0 Å². The number of nitro benzene ring substituents is 1. The second-order valence-electron chi connectivity index (χ2n) is 7.83. The van der Waals surface area contributed by atoms with E-state index in [9.17, 15) is 14.9 Å². The molecule has 1 aromatic rings. The van der Waals surface area contributed by atoms with Crippen molar-refractivity contribution < 1.29 is 9.72 Å². The Kier molecular flexibility index (Phi) is 7.21. The lowest BCUT2D eigenvalue weighted by atomic mass is 9.94. The van der Waals surface area contributed by atoms with Crippen LogP contribution in [0.5, 0.6) is 0 Å². The van der Waals surface area contributed by atoms with Crippen LogP contribution in [0.3, 0.4) is 0 Å². The monoisotopic (exact) mass is 382 g/mol. The van der Waals surface area contributed by atoms with Crippen LogP contribution < -0.4 is 0 Å². The average molecular weight is 383 g/mol. The molecule has 0 aliphatic heterocycles. The van der Waals surface area contributed by atoms with Gasteiger partial charge < -0.3 is 4.90 Å². The van der Waals surface area contributed by atoms with Gasteiger partial charge in [0.25, 0.3) is 11.6 Å². The number of rotatable bonds is 3. The van der Waals surface area contributed by atoms with Gasteiger partial charge in [0, 0.05) is 23.7 Å². The van der Waals surface area contributed by atoms with E-state index in [-0.39, 0.29) is 17.6 Å². The lowest BCUT2D eigenvalue weighted by molar-refractivity contribution is -0.384. The SMILES string of the molecule is C[Si](C)(C)C#CC(=O)N(CC#Cc1ccc([N+](=O)[O-])cc1)C1CCCCC1. The van der Waals surface area contributed by atoms with Crippen molar-refractivity contribution in [3.63, 3.8) is 0 Å². The van der Waals surface area contributed by atoms with Crippen molar-refractivity contribution in [3.8, 4) is 23.3 Å². The molecule has 142 valence electrons. The van der Waals surface area contributed by atoms with Crippen molar-refractivity contribution >= 4 is 19.7 Å². The third-order valence-electron chi connectivity index (χ3n) is 4.38. The second-order valence-corrected chi connectivity index (χ2v) is 12.6. The Labute approximate surface area is 162 Å².